The van der Waals surface area contributed by atoms with E-state index >= 15 is 0 Å². The van der Waals surface area contributed by atoms with Crippen molar-refractivity contribution >= 4 is 29.7 Å². The summed E-state index contributed by atoms with van der Waals surface area (Å²) < 4.78 is 159. The second kappa shape index (κ2) is 24.2. The maximum absolute atomic E-state index is 13.3. The van der Waals surface area contributed by atoms with Crippen LogP contribution in [0.2, 0.25) is 12.6 Å². The molecule has 4 aliphatic rings. The average Bonchev–Trinajstić information content (AvgIpc) is 3.86. The Morgan fingerprint density at radius 2 is 0.853 bits per heavy atom. The molecule has 0 atom stereocenters. The fourth-order valence-electron chi connectivity index (χ4n) is 8.74. The van der Waals surface area contributed by atoms with Gasteiger partial charge in [0.25, 0.3) is 0 Å². The zero-order valence-corrected chi connectivity index (χ0v) is 42.1. The maximum Gasteiger partial charge on any atom is 0.416 e. The van der Waals surface area contributed by atoms with Crippen LogP contribution in [0, 0.1) is 11.8 Å². The number of allylic oxidation sites excluding steroid dienone is 4. The third kappa shape index (κ3) is 15.6. The zero-order valence-electron chi connectivity index (χ0n) is 37.2. The van der Waals surface area contributed by atoms with Gasteiger partial charge in [-0.05, 0) is 59.4 Å². The van der Waals surface area contributed by atoms with Crippen LogP contribution in [0.3, 0.4) is 0 Å². The summed E-state index contributed by atoms with van der Waals surface area (Å²) in [5.74, 6) is 0.862. The molecule has 8 rings (SSSR count). The van der Waals surface area contributed by atoms with E-state index in [1.165, 1.54) is 25.3 Å². The van der Waals surface area contributed by atoms with E-state index in [4.69, 9.17) is 0 Å². The molecule has 0 N–H and O–H groups in total. The Morgan fingerprint density at radius 3 is 1.12 bits per heavy atom. The van der Waals surface area contributed by atoms with Crippen molar-refractivity contribution in [3.63, 3.8) is 0 Å². The SMILES string of the molecule is CCC[Si](C)=[Zr+2].FC(F)(F)c1cc(-c2cccc3c2=CC(=CC2CCCCC2)[C-]=3)cc(C(F)(F)F)c1.FC(F)(F)c1cc(-c2cccc3c2=CC(=CC2CCCCC2)[C-]=3)cc(C(F)(F)F)c1.[Cl-].[Cl-]. The van der Waals surface area contributed by atoms with Crippen LogP contribution in [0.4, 0.5) is 52.7 Å². The average molecular weight is 1090 g/mol. The predicted molar refractivity (Wildman–Crippen MR) is 234 cm³/mol. The molecular weight excluding hydrogens is 1040 g/mol. The number of rotatable bonds is 6. The van der Waals surface area contributed by atoms with Gasteiger partial charge in [0.1, 0.15) is 0 Å². The molecule has 0 spiro atoms. The number of hydrogen-bond donors (Lipinski definition) is 0. The minimum atomic E-state index is -4.87. The van der Waals surface area contributed by atoms with Crippen molar-refractivity contribution in [1.29, 1.82) is 0 Å². The molecule has 0 saturated heterocycles. The van der Waals surface area contributed by atoms with Gasteiger partial charge in [0.2, 0.25) is 0 Å². The smallest absolute Gasteiger partial charge is 0.416 e. The molecule has 0 aromatic heterocycles. The van der Waals surface area contributed by atoms with Gasteiger partial charge in [-0.15, -0.1) is 80.6 Å². The van der Waals surface area contributed by atoms with Crippen LogP contribution in [-0.4, -0.2) is 5.43 Å². The van der Waals surface area contributed by atoms with Gasteiger partial charge in [0, 0.05) is 0 Å². The molecule has 0 amide bonds. The molecule has 4 aliphatic carbocycles. The van der Waals surface area contributed by atoms with Crippen molar-refractivity contribution in [3.05, 3.63) is 139 Å². The summed E-state index contributed by atoms with van der Waals surface area (Å²) in [5.41, 5.74) is -2.90. The summed E-state index contributed by atoms with van der Waals surface area (Å²) >= 11 is 1.79. The number of benzene rings is 4. The molecule has 0 nitrogen and oxygen atoms in total. The second-order valence-corrected chi connectivity index (χ2v) is 25.6. The first-order valence-electron chi connectivity index (χ1n) is 22.1. The second-order valence-electron chi connectivity index (χ2n) is 17.2. The quantitative estimate of drug-likeness (QED) is 0.104. The molecule has 4 aromatic rings. The maximum atomic E-state index is 13.3. The molecule has 0 unspecified atom stereocenters. The summed E-state index contributed by atoms with van der Waals surface area (Å²) in [7, 11) is 0. The normalized spacial score (nSPS) is 17.4. The molecule has 0 heterocycles. The van der Waals surface area contributed by atoms with Gasteiger partial charge in [-0.3, -0.25) is 0 Å². The van der Waals surface area contributed by atoms with Crippen LogP contribution < -0.4 is 45.7 Å². The van der Waals surface area contributed by atoms with Crippen LogP contribution in [0.5, 0.6) is 0 Å². The van der Waals surface area contributed by atoms with Crippen LogP contribution in [0.25, 0.3) is 46.6 Å². The van der Waals surface area contributed by atoms with Crippen LogP contribution >= 0.6 is 0 Å². The first-order chi connectivity index (χ1) is 31.0. The van der Waals surface area contributed by atoms with Gasteiger partial charge in [-0.1, -0.05) is 99.6 Å². The molecule has 0 radical (unpaired) electrons. The van der Waals surface area contributed by atoms with Gasteiger partial charge in [-0.2, -0.15) is 52.7 Å². The van der Waals surface area contributed by atoms with E-state index < -0.39 is 47.0 Å². The van der Waals surface area contributed by atoms with Gasteiger partial charge < -0.3 is 24.8 Å². The Kier molecular flexibility index (Phi) is 20.4. The minimum Gasteiger partial charge on any atom is -1.00 e. The van der Waals surface area contributed by atoms with Gasteiger partial charge in [0.05, 0.1) is 22.3 Å². The fourth-order valence-corrected chi connectivity index (χ4v) is 11.3. The van der Waals surface area contributed by atoms with Crippen LogP contribution in [-0.2, 0) is 48.0 Å². The number of hydrogen-bond acceptors (Lipinski definition) is 0. The van der Waals surface area contributed by atoms with Gasteiger partial charge in [0.15, 0.2) is 0 Å². The molecule has 16 heteroatoms. The van der Waals surface area contributed by atoms with E-state index in [-0.39, 0.29) is 53.5 Å². The van der Waals surface area contributed by atoms with Crippen molar-refractivity contribution in [2.24, 2.45) is 11.8 Å². The molecule has 4 aromatic carbocycles. The molecule has 68 heavy (non-hydrogen) atoms. The molecule has 364 valence electrons. The van der Waals surface area contributed by atoms with Crippen molar-refractivity contribution in [3.8, 4) is 22.3 Å². The topological polar surface area (TPSA) is 0 Å². The number of halogens is 14. The predicted octanol–water partition coefficient (Wildman–Crippen LogP) is 8.27. The Hall–Kier alpha value is -3.32. The molecule has 0 bridgehead atoms. The van der Waals surface area contributed by atoms with Crippen molar-refractivity contribution in [2.45, 2.75) is 115 Å². The van der Waals surface area contributed by atoms with Crippen LogP contribution in [0.1, 0.15) is 99.8 Å². The third-order valence-corrected chi connectivity index (χ3v) is 15.0. The number of alkyl halides is 12. The molecular formula is C52H48Cl2F12SiZr-2. The summed E-state index contributed by atoms with van der Waals surface area (Å²) in [4.78, 5) is 0. The van der Waals surface area contributed by atoms with E-state index in [9.17, 15) is 52.7 Å². The van der Waals surface area contributed by atoms with Crippen LogP contribution in [0.15, 0.2) is 96.1 Å². The summed E-state index contributed by atoms with van der Waals surface area (Å²) in [6.45, 7) is 4.66. The van der Waals surface area contributed by atoms with Gasteiger partial charge >= 0.3 is 79.4 Å². The summed E-state index contributed by atoms with van der Waals surface area (Å²) in [6, 6.07) is 14.9. The molecule has 0 aliphatic heterocycles. The van der Waals surface area contributed by atoms with Gasteiger partial charge in [-0.25, -0.2) is 0 Å². The molecule has 2 fully saturated rings. The van der Waals surface area contributed by atoms with E-state index in [2.05, 4.69) is 37.8 Å². The van der Waals surface area contributed by atoms with E-state index in [1.54, 1.807) is 59.7 Å². The monoisotopic (exact) mass is 1090 g/mol. The first-order valence-corrected chi connectivity index (χ1v) is 28.0. The first kappa shape index (κ1) is 57.3. The third-order valence-electron chi connectivity index (χ3n) is 11.9. The van der Waals surface area contributed by atoms with Crippen molar-refractivity contribution in [1.82, 2.24) is 0 Å². The van der Waals surface area contributed by atoms with E-state index in [0.29, 0.717) is 43.8 Å². The Labute approximate surface area is 416 Å². The van der Waals surface area contributed by atoms with Crippen molar-refractivity contribution < 1.29 is 101 Å². The minimum absolute atomic E-state index is 0. The standard InChI is InChI=1S/2C24H19F6.C4H10Si.2ClH.Zr/c2*25-23(26,27)19-12-18(13-20(14-19)24(28,29)30)21-8-4-7-17-10-16(11-22(17)21)9-15-5-2-1-3-6-15;1-3-4-5-2;;;/h2*4,7-9,11-15H,1-3,5-6H2;3-4H2,1-2H3;2*1H;/q2*-1;;;;+2/p-2. The Bertz CT molecular complexity index is 2470. The summed E-state index contributed by atoms with van der Waals surface area (Å²) in [6.07, 6.45) is 7.71. The zero-order chi connectivity index (χ0) is 48.0. The largest absolute Gasteiger partial charge is 1.00 e. The molecule has 2 saturated carbocycles. The number of fused-ring (bicyclic) bond motifs is 2. The van der Waals surface area contributed by atoms with Crippen molar-refractivity contribution in [2.75, 3.05) is 0 Å². The Morgan fingerprint density at radius 1 is 0.529 bits per heavy atom. The summed E-state index contributed by atoms with van der Waals surface area (Å²) in [5, 5.41) is 2.57. The fraction of sp³-hybridized carbons (Fsp3) is 0.385. The Balaban J connectivity index is 0.000000258. The van der Waals surface area contributed by atoms with E-state index in [0.717, 1.165) is 86.8 Å². The van der Waals surface area contributed by atoms with E-state index in [1.807, 2.05) is 12.2 Å².